The van der Waals surface area contributed by atoms with E-state index in [4.69, 9.17) is 18.9 Å². The first-order valence-corrected chi connectivity index (χ1v) is 40.1. The van der Waals surface area contributed by atoms with Crippen LogP contribution in [0, 0.1) is 0 Å². The number of hydrogen-bond acceptors (Lipinski definition) is 7. The Hall–Kier alpha value is -4.05. The van der Waals surface area contributed by atoms with E-state index in [0.717, 1.165) is 103 Å². The SMILES string of the molecule is CC/C=C\C/C=C\C/C=C\C/C=C\C/C=C\C/C=C\C/C=C\C/C=C\C/C=C\CCCCCCCCCC(=O)OC(COC(=O)CCCCCCCCCCCCCCCCCCCCCCCCCCCCCCCCCCCCC)COC(OCC[N+](C)(C)C)C(=O)O. The highest BCUT2D eigenvalue weighted by atomic mass is 16.7. The number of carboxylic acids is 1. The molecule has 2 unspecified atom stereocenters. The van der Waals surface area contributed by atoms with Crippen molar-refractivity contribution in [3.63, 3.8) is 0 Å². The molecular formula is C86H152NO8+. The fourth-order valence-corrected chi connectivity index (χ4v) is 11.5. The maximum Gasteiger partial charge on any atom is 0.361 e. The van der Waals surface area contributed by atoms with Crippen molar-refractivity contribution in [2.45, 2.75) is 373 Å². The Bertz CT molecular complexity index is 1930. The van der Waals surface area contributed by atoms with Gasteiger partial charge in [-0.25, -0.2) is 4.79 Å². The summed E-state index contributed by atoms with van der Waals surface area (Å²) in [7, 11) is 5.98. The van der Waals surface area contributed by atoms with Crippen molar-refractivity contribution in [2.24, 2.45) is 0 Å². The number of carbonyl (C=O) groups excluding carboxylic acids is 2. The Balaban J connectivity index is 4.07. The molecule has 0 aromatic rings. The van der Waals surface area contributed by atoms with Crippen LogP contribution in [0.5, 0.6) is 0 Å². The van der Waals surface area contributed by atoms with Crippen LogP contribution in [0.4, 0.5) is 0 Å². The number of nitrogens with zero attached hydrogens (tertiary/aromatic N) is 1. The van der Waals surface area contributed by atoms with Crippen LogP contribution in [0.15, 0.2) is 109 Å². The Kier molecular flexibility index (Phi) is 72.5. The van der Waals surface area contributed by atoms with Crippen LogP contribution >= 0.6 is 0 Å². The fourth-order valence-electron chi connectivity index (χ4n) is 11.5. The van der Waals surface area contributed by atoms with Crippen LogP contribution in [0.25, 0.3) is 0 Å². The fraction of sp³-hybridized carbons (Fsp3) is 0.756. The number of quaternary nitrogens is 1. The molecule has 0 aromatic heterocycles. The molecule has 0 bridgehead atoms. The first-order valence-electron chi connectivity index (χ1n) is 40.1. The van der Waals surface area contributed by atoms with Gasteiger partial charge in [0.25, 0.3) is 6.29 Å². The number of carbonyl (C=O) groups is 3. The molecule has 2 atom stereocenters. The van der Waals surface area contributed by atoms with Crippen molar-refractivity contribution in [3.8, 4) is 0 Å². The maximum atomic E-state index is 13.0. The molecule has 95 heavy (non-hydrogen) atoms. The molecule has 1 N–H and O–H groups in total. The minimum atomic E-state index is -1.52. The van der Waals surface area contributed by atoms with Crippen LogP contribution in [0.2, 0.25) is 0 Å². The lowest BCUT2D eigenvalue weighted by Gasteiger charge is -2.25. The molecule has 0 aliphatic rings. The van der Waals surface area contributed by atoms with E-state index in [1.165, 1.54) is 225 Å². The van der Waals surface area contributed by atoms with Crippen molar-refractivity contribution < 1.29 is 42.9 Å². The summed E-state index contributed by atoms with van der Waals surface area (Å²) < 4.78 is 23.0. The smallest absolute Gasteiger partial charge is 0.361 e. The molecule has 0 radical (unpaired) electrons. The maximum absolute atomic E-state index is 13.0. The van der Waals surface area contributed by atoms with Gasteiger partial charge < -0.3 is 28.5 Å². The van der Waals surface area contributed by atoms with Crippen LogP contribution in [0.1, 0.15) is 361 Å². The quantitative estimate of drug-likeness (QED) is 0.0211. The molecule has 0 amide bonds. The average Bonchev–Trinajstić information content (AvgIpc) is 3.58. The molecule has 0 aliphatic carbocycles. The van der Waals surface area contributed by atoms with Gasteiger partial charge in [-0.05, 0) is 83.5 Å². The lowest BCUT2D eigenvalue weighted by molar-refractivity contribution is -0.870. The predicted molar refractivity (Wildman–Crippen MR) is 410 cm³/mol. The second kappa shape index (κ2) is 75.7. The minimum absolute atomic E-state index is 0.182. The first kappa shape index (κ1) is 91.0. The van der Waals surface area contributed by atoms with E-state index in [9.17, 15) is 19.5 Å². The topological polar surface area (TPSA) is 108 Å². The number of likely N-dealkylation sites (N-methyl/N-ethyl adjacent to an activating group) is 1. The summed E-state index contributed by atoms with van der Waals surface area (Å²) in [6, 6.07) is 0. The molecular weight excluding hydrogens is 1170 g/mol. The summed E-state index contributed by atoms with van der Waals surface area (Å²) in [5.41, 5.74) is 0. The number of allylic oxidation sites excluding steroid dienone is 18. The minimum Gasteiger partial charge on any atom is -0.477 e. The number of aliphatic carboxylic acids is 1. The van der Waals surface area contributed by atoms with Crippen LogP contribution in [-0.2, 0) is 33.3 Å². The zero-order valence-electron chi connectivity index (χ0n) is 62.8. The number of unbranched alkanes of at least 4 members (excludes halogenated alkanes) is 41. The third-order valence-electron chi connectivity index (χ3n) is 17.5. The van der Waals surface area contributed by atoms with E-state index in [0.29, 0.717) is 23.9 Å². The number of esters is 2. The van der Waals surface area contributed by atoms with Crippen molar-refractivity contribution in [1.29, 1.82) is 0 Å². The molecule has 9 heteroatoms. The Morgan fingerprint density at radius 2 is 0.600 bits per heavy atom. The lowest BCUT2D eigenvalue weighted by atomic mass is 10.0. The highest BCUT2D eigenvalue weighted by Crippen LogP contribution is 2.19. The molecule has 0 heterocycles. The number of hydrogen-bond donors (Lipinski definition) is 1. The van der Waals surface area contributed by atoms with Gasteiger partial charge in [-0.1, -0.05) is 374 Å². The van der Waals surface area contributed by atoms with E-state index in [1.54, 1.807) is 0 Å². The van der Waals surface area contributed by atoms with Gasteiger partial charge in [-0.3, -0.25) is 9.59 Å². The monoisotopic (exact) mass is 1330 g/mol. The van der Waals surface area contributed by atoms with E-state index in [2.05, 4.69) is 123 Å². The number of ether oxygens (including phenoxy) is 4. The van der Waals surface area contributed by atoms with Gasteiger partial charge in [-0.2, -0.15) is 0 Å². The zero-order valence-corrected chi connectivity index (χ0v) is 62.8. The Morgan fingerprint density at radius 1 is 0.326 bits per heavy atom. The predicted octanol–water partition coefficient (Wildman–Crippen LogP) is 25.7. The standard InChI is InChI=1S/C86H151NO8/c1-6-8-10-12-14-16-18-20-22-24-26-28-30-32-34-36-38-40-42-44-46-48-50-52-54-56-58-60-62-64-66-68-70-72-74-76-83(88)93-80-82(81-94-86(85(90)91)92-79-78-87(3,4)5)95-84(89)77-75-73-71-69-67-65-63-61-59-57-55-53-51-49-47-45-43-41-39-37-35-33-31-29-27-25-23-21-19-17-15-13-11-9-7-2/h9,11,15,17,21,23,27,29,33,35,39,41,45,47,51,53,57,59,82,86H,6-8,10,12-14,16,18-20,22,24-26,28,30-32,34,36-38,40,42-44,46,48-50,52,54-56,58,60-81H2,1-5H3/p+1/b11-9-,17-15-,23-21-,29-27-,35-33-,41-39-,47-45-,53-51-,59-57-. The lowest BCUT2D eigenvalue weighted by Crippen LogP contribution is -2.40. The van der Waals surface area contributed by atoms with Gasteiger partial charge in [0, 0.05) is 12.8 Å². The summed E-state index contributed by atoms with van der Waals surface area (Å²) in [4.78, 5) is 37.7. The van der Waals surface area contributed by atoms with Crippen molar-refractivity contribution >= 4 is 17.9 Å². The van der Waals surface area contributed by atoms with Gasteiger partial charge in [0.05, 0.1) is 34.4 Å². The highest BCUT2D eigenvalue weighted by Gasteiger charge is 2.25. The second-order valence-corrected chi connectivity index (χ2v) is 28.0. The largest absolute Gasteiger partial charge is 0.477 e. The summed E-state index contributed by atoms with van der Waals surface area (Å²) >= 11 is 0. The second-order valence-electron chi connectivity index (χ2n) is 28.0. The van der Waals surface area contributed by atoms with Crippen molar-refractivity contribution in [3.05, 3.63) is 109 Å². The van der Waals surface area contributed by atoms with Gasteiger partial charge in [0.1, 0.15) is 13.2 Å². The number of carboxylic acid groups (broad SMARTS) is 1. The van der Waals surface area contributed by atoms with E-state index >= 15 is 0 Å². The van der Waals surface area contributed by atoms with Gasteiger partial charge in [0.2, 0.25) is 0 Å². The molecule has 0 saturated heterocycles. The van der Waals surface area contributed by atoms with Crippen molar-refractivity contribution in [1.82, 2.24) is 0 Å². The molecule has 0 rings (SSSR count). The zero-order chi connectivity index (χ0) is 69.0. The molecule has 0 spiro atoms. The van der Waals surface area contributed by atoms with Crippen LogP contribution in [0.3, 0.4) is 0 Å². The summed E-state index contributed by atoms with van der Waals surface area (Å²) in [5, 5.41) is 9.77. The third-order valence-corrected chi connectivity index (χ3v) is 17.5. The summed E-state index contributed by atoms with van der Waals surface area (Å²) in [5.74, 6) is -2.01. The molecule has 0 fully saturated rings. The van der Waals surface area contributed by atoms with Crippen LogP contribution < -0.4 is 0 Å². The molecule has 9 nitrogen and oxygen atoms in total. The van der Waals surface area contributed by atoms with Gasteiger partial charge in [-0.15, -0.1) is 0 Å². The average molecular weight is 1330 g/mol. The summed E-state index contributed by atoms with van der Waals surface area (Å²) in [6.07, 6.45) is 104. The van der Waals surface area contributed by atoms with Crippen molar-refractivity contribution in [2.75, 3.05) is 47.5 Å². The van der Waals surface area contributed by atoms with Gasteiger partial charge >= 0.3 is 17.9 Å². The van der Waals surface area contributed by atoms with Crippen LogP contribution in [-0.4, -0.2) is 87.4 Å². The third kappa shape index (κ3) is 77.2. The summed E-state index contributed by atoms with van der Waals surface area (Å²) in [6.45, 7) is 4.79. The first-order chi connectivity index (χ1) is 46.6. The van der Waals surface area contributed by atoms with E-state index in [-0.39, 0.29) is 32.2 Å². The van der Waals surface area contributed by atoms with Gasteiger partial charge in [0.15, 0.2) is 6.10 Å². The normalized spacial score (nSPS) is 13.2. The van der Waals surface area contributed by atoms with E-state index < -0.39 is 24.3 Å². The Morgan fingerprint density at radius 3 is 0.895 bits per heavy atom. The molecule has 548 valence electrons. The molecule has 0 saturated carbocycles. The molecule has 0 aromatic carbocycles. The highest BCUT2D eigenvalue weighted by molar-refractivity contribution is 5.71. The number of rotatable bonds is 74. The van der Waals surface area contributed by atoms with E-state index in [1.807, 2.05) is 21.1 Å². The Labute approximate surface area is 587 Å². The molecule has 0 aliphatic heterocycles.